The summed E-state index contributed by atoms with van der Waals surface area (Å²) < 4.78 is 23.6. The molecular weight excluding hydrogens is 234 g/mol. The van der Waals surface area contributed by atoms with Crippen LogP contribution in [0.1, 0.15) is 6.92 Å². The lowest BCUT2D eigenvalue weighted by molar-refractivity contribution is -0.387. The van der Waals surface area contributed by atoms with Gasteiger partial charge in [0.15, 0.2) is 4.99 Å². The molecule has 0 aromatic heterocycles. The Hall–Kier alpha value is -1.51. The van der Waals surface area contributed by atoms with E-state index < -0.39 is 30.3 Å². The summed E-state index contributed by atoms with van der Waals surface area (Å²) in [4.78, 5) is 7.33. The third kappa shape index (κ3) is 2.03. The number of hydrogen-bond donors (Lipinski definition) is 2. The summed E-state index contributed by atoms with van der Waals surface area (Å²) in [5.74, 6) is 0. The SMILES string of the molecule is CC(N)(N)S(=O)(=O)c1ccccc1[N+](=O)[O-]. The van der Waals surface area contributed by atoms with E-state index in [9.17, 15) is 18.5 Å². The van der Waals surface area contributed by atoms with Crippen LogP contribution in [0, 0.1) is 10.1 Å². The average molecular weight is 245 g/mol. The Labute approximate surface area is 92.1 Å². The Bertz CT molecular complexity index is 518. The maximum absolute atomic E-state index is 11.8. The molecule has 16 heavy (non-hydrogen) atoms. The van der Waals surface area contributed by atoms with Crippen molar-refractivity contribution in [3.05, 3.63) is 34.4 Å². The van der Waals surface area contributed by atoms with Gasteiger partial charge in [-0.25, -0.2) is 8.42 Å². The molecule has 0 atom stereocenters. The first-order chi connectivity index (χ1) is 7.18. The molecule has 7 nitrogen and oxygen atoms in total. The molecule has 1 rings (SSSR count). The van der Waals surface area contributed by atoms with E-state index in [1.54, 1.807) is 0 Å². The summed E-state index contributed by atoms with van der Waals surface area (Å²) in [6, 6.07) is 4.91. The summed E-state index contributed by atoms with van der Waals surface area (Å²) in [6.07, 6.45) is 0. The molecule has 0 aliphatic heterocycles. The van der Waals surface area contributed by atoms with Gasteiger partial charge in [0.2, 0.25) is 9.84 Å². The lowest BCUT2D eigenvalue weighted by atomic mass is 10.3. The van der Waals surface area contributed by atoms with Crippen molar-refractivity contribution in [2.45, 2.75) is 16.8 Å². The smallest absolute Gasteiger partial charge is 0.288 e. The lowest BCUT2D eigenvalue weighted by Gasteiger charge is -2.18. The third-order valence-electron chi connectivity index (χ3n) is 1.93. The topological polar surface area (TPSA) is 129 Å². The van der Waals surface area contributed by atoms with Crippen molar-refractivity contribution in [2.75, 3.05) is 0 Å². The highest BCUT2D eigenvalue weighted by Crippen LogP contribution is 2.27. The van der Waals surface area contributed by atoms with Gasteiger partial charge in [0.05, 0.1) is 4.92 Å². The molecule has 0 bridgehead atoms. The summed E-state index contributed by atoms with van der Waals surface area (Å²) in [5, 5.41) is 10.7. The second-order valence-corrected chi connectivity index (χ2v) is 5.74. The molecule has 8 heteroatoms. The zero-order valence-electron chi connectivity index (χ0n) is 8.45. The van der Waals surface area contributed by atoms with Gasteiger partial charge in [0.1, 0.15) is 4.90 Å². The lowest BCUT2D eigenvalue weighted by Crippen LogP contribution is -2.53. The van der Waals surface area contributed by atoms with Crippen molar-refractivity contribution < 1.29 is 13.3 Å². The maximum Gasteiger partial charge on any atom is 0.288 e. The van der Waals surface area contributed by atoms with Crippen molar-refractivity contribution in [3.63, 3.8) is 0 Å². The van der Waals surface area contributed by atoms with Crippen LogP contribution in [0.25, 0.3) is 0 Å². The highest BCUT2D eigenvalue weighted by atomic mass is 32.2. The van der Waals surface area contributed by atoms with Gasteiger partial charge >= 0.3 is 0 Å². The van der Waals surface area contributed by atoms with Crippen LogP contribution >= 0.6 is 0 Å². The molecule has 0 saturated heterocycles. The van der Waals surface area contributed by atoms with Crippen LogP contribution in [0.3, 0.4) is 0 Å². The summed E-state index contributed by atoms with van der Waals surface area (Å²) in [6.45, 7) is 1.07. The molecule has 0 heterocycles. The number of benzene rings is 1. The van der Waals surface area contributed by atoms with E-state index in [1.165, 1.54) is 12.1 Å². The molecule has 0 amide bonds. The summed E-state index contributed by atoms with van der Waals surface area (Å²) >= 11 is 0. The molecule has 0 saturated carbocycles. The Kier molecular flexibility index (Phi) is 2.99. The van der Waals surface area contributed by atoms with Gasteiger partial charge in [-0.2, -0.15) is 0 Å². The fourth-order valence-electron chi connectivity index (χ4n) is 1.07. The van der Waals surface area contributed by atoms with E-state index in [0.29, 0.717) is 0 Å². The molecule has 0 radical (unpaired) electrons. The van der Waals surface area contributed by atoms with Gasteiger partial charge in [0.25, 0.3) is 5.69 Å². The maximum atomic E-state index is 11.8. The Balaban J connectivity index is 3.52. The van der Waals surface area contributed by atoms with E-state index >= 15 is 0 Å². The van der Waals surface area contributed by atoms with E-state index in [0.717, 1.165) is 19.1 Å². The van der Waals surface area contributed by atoms with Crippen LogP contribution in [-0.4, -0.2) is 18.3 Å². The van der Waals surface area contributed by atoms with Crippen LogP contribution in [-0.2, 0) is 9.84 Å². The molecule has 1 aromatic carbocycles. The van der Waals surface area contributed by atoms with Crippen molar-refractivity contribution in [1.29, 1.82) is 0 Å². The largest absolute Gasteiger partial charge is 0.301 e. The minimum Gasteiger partial charge on any atom is -0.301 e. The second-order valence-electron chi connectivity index (χ2n) is 3.41. The molecule has 0 unspecified atom stereocenters. The van der Waals surface area contributed by atoms with Crippen LogP contribution in [0.2, 0.25) is 0 Å². The minimum atomic E-state index is -4.14. The monoisotopic (exact) mass is 245 g/mol. The molecule has 0 aliphatic rings. The highest BCUT2D eigenvalue weighted by molar-refractivity contribution is 7.92. The number of rotatable bonds is 3. The van der Waals surface area contributed by atoms with Crippen molar-refractivity contribution >= 4 is 15.5 Å². The number of nitrogens with two attached hydrogens (primary N) is 2. The summed E-state index contributed by atoms with van der Waals surface area (Å²) in [5.41, 5.74) is 10.0. The zero-order chi connectivity index (χ0) is 12.6. The van der Waals surface area contributed by atoms with E-state index in [4.69, 9.17) is 11.5 Å². The minimum absolute atomic E-state index is 0.479. The zero-order valence-corrected chi connectivity index (χ0v) is 9.27. The Morgan fingerprint density at radius 2 is 1.81 bits per heavy atom. The van der Waals surface area contributed by atoms with E-state index in [-0.39, 0.29) is 0 Å². The van der Waals surface area contributed by atoms with Crippen LogP contribution in [0.4, 0.5) is 5.69 Å². The third-order valence-corrected chi connectivity index (χ3v) is 4.01. The fourth-order valence-corrected chi connectivity index (χ4v) is 2.22. The Morgan fingerprint density at radius 3 is 2.25 bits per heavy atom. The van der Waals surface area contributed by atoms with Gasteiger partial charge in [-0.1, -0.05) is 12.1 Å². The molecule has 0 spiro atoms. The summed E-state index contributed by atoms with van der Waals surface area (Å²) in [7, 11) is -4.14. The van der Waals surface area contributed by atoms with Gasteiger partial charge < -0.3 is 11.5 Å². The number of sulfone groups is 1. The first-order valence-electron chi connectivity index (χ1n) is 4.24. The number of para-hydroxylation sites is 1. The number of nitrogens with zero attached hydrogens (tertiary/aromatic N) is 1. The quantitative estimate of drug-likeness (QED) is 0.436. The number of nitro groups is 1. The van der Waals surface area contributed by atoms with Crippen molar-refractivity contribution in [2.24, 2.45) is 11.5 Å². The van der Waals surface area contributed by atoms with E-state index in [1.807, 2.05) is 0 Å². The van der Waals surface area contributed by atoms with Crippen LogP contribution in [0.15, 0.2) is 29.2 Å². The molecule has 0 aliphatic carbocycles. The molecule has 0 fully saturated rings. The second kappa shape index (κ2) is 3.81. The predicted octanol–water partition coefficient (Wildman–Crippen LogP) is -0.0404. The fraction of sp³-hybridized carbons (Fsp3) is 0.250. The van der Waals surface area contributed by atoms with E-state index in [2.05, 4.69) is 0 Å². The van der Waals surface area contributed by atoms with Crippen molar-refractivity contribution in [3.8, 4) is 0 Å². The van der Waals surface area contributed by atoms with Gasteiger partial charge in [0, 0.05) is 6.07 Å². The highest BCUT2D eigenvalue weighted by Gasteiger charge is 2.37. The van der Waals surface area contributed by atoms with Gasteiger partial charge in [-0.3, -0.25) is 10.1 Å². The molecule has 4 N–H and O–H groups in total. The van der Waals surface area contributed by atoms with Crippen molar-refractivity contribution in [1.82, 2.24) is 0 Å². The predicted molar refractivity (Wildman–Crippen MR) is 57.1 cm³/mol. The van der Waals surface area contributed by atoms with Crippen LogP contribution < -0.4 is 11.5 Å². The number of hydrogen-bond acceptors (Lipinski definition) is 6. The van der Waals surface area contributed by atoms with Crippen LogP contribution in [0.5, 0.6) is 0 Å². The molecule has 88 valence electrons. The first kappa shape index (κ1) is 12.6. The normalized spacial score (nSPS) is 12.4. The first-order valence-corrected chi connectivity index (χ1v) is 5.72. The van der Waals surface area contributed by atoms with Gasteiger partial charge in [-0.15, -0.1) is 0 Å². The number of nitro benzene ring substituents is 1. The molecular formula is C8H11N3O4S. The Morgan fingerprint density at radius 1 is 1.31 bits per heavy atom. The average Bonchev–Trinajstić information content (AvgIpc) is 2.16. The van der Waals surface area contributed by atoms with Gasteiger partial charge in [-0.05, 0) is 13.0 Å². The standard InChI is InChI=1S/C8H11N3O4S/c1-8(9,10)16(14,15)7-5-3-2-4-6(7)11(12)13/h2-5H,9-10H2,1H3. The molecule has 1 aromatic rings.